The van der Waals surface area contributed by atoms with Crippen LogP contribution >= 0.6 is 0 Å². The molecule has 1 heterocycles. The van der Waals surface area contributed by atoms with Gasteiger partial charge in [-0.3, -0.25) is 0 Å². The lowest BCUT2D eigenvalue weighted by molar-refractivity contribution is 0.328. The Labute approximate surface area is 154 Å². The van der Waals surface area contributed by atoms with Gasteiger partial charge in [0, 0.05) is 18.2 Å². The van der Waals surface area contributed by atoms with Crippen LogP contribution in [0.2, 0.25) is 0 Å². The summed E-state index contributed by atoms with van der Waals surface area (Å²) in [7, 11) is -3.71. The van der Waals surface area contributed by atoms with Gasteiger partial charge in [0.2, 0.25) is 0 Å². The molecular formula is C20H23FN2O2S. The van der Waals surface area contributed by atoms with Crippen molar-refractivity contribution in [1.82, 2.24) is 9.03 Å². The monoisotopic (exact) mass is 374 g/mol. The van der Waals surface area contributed by atoms with E-state index in [9.17, 15) is 12.8 Å². The molecule has 0 amide bonds. The van der Waals surface area contributed by atoms with Crippen LogP contribution in [0.15, 0.2) is 48.5 Å². The highest BCUT2D eigenvalue weighted by Gasteiger charge is 2.38. The fourth-order valence-electron chi connectivity index (χ4n) is 4.14. The van der Waals surface area contributed by atoms with Gasteiger partial charge in [0.15, 0.2) is 0 Å². The highest BCUT2D eigenvalue weighted by Crippen LogP contribution is 2.37. The Morgan fingerprint density at radius 1 is 0.962 bits per heavy atom. The van der Waals surface area contributed by atoms with E-state index >= 15 is 0 Å². The predicted molar refractivity (Wildman–Crippen MR) is 99.4 cm³/mol. The number of benzene rings is 2. The van der Waals surface area contributed by atoms with E-state index in [2.05, 4.69) is 4.72 Å². The lowest BCUT2D eigenvalue weighted by Gasteiger charge is -2.37. The summed E-state index contributed by atoms with van der Waals surface area (Å²) in [5.41, 5.74) is 2.34. The van der Waals surface area contributed by atoms with Crippen molar-refractivity contribution in [2.45, 2.75) is 44.2 Å². The highest BCUT2D eigenvalue weighted by atomic mass is 32.2. The van der Waals surface area contributed by atoms with Crippen LogP contribution in [-0.4, -0.2) is 25.3 Å². The van der Waals surface area contributed by atoms with Crippen molar-refractivity contribution >= 4 is 10.2 Å². The van der Waals surface area contributed by atoms with Crippen molar-refractivity contribution in [3.63, 3.8) is 0 Å². The van der Waals surface area contributed by atoms with E-state index < -0.39 is 16.3 Å². The topological polar surface area (TPSA) is 49.4 Å². The zero-order chi connectivity index (χ0) is 18.1. The van der Waals surface area contributed by atoms with Gasteiger partial charge in [-0.1, -0.05) is 55.3 Å². The summed E-state index contributed by atoms with van der Waals surface area (Å²) in [4.78, 5) is 0. The second-order valence-corrected chi connectivity index (χ2v) is 8.74. The lowest BCUT2D eigenvalue weighted by Crippen LogP contribution is -2.49. The number of halogens is 1. The molecule has 1 atom stereocenters. The average molecular weight is 374 g/mol. The standard InChI is InChI=1S/C20H23FN2O2S/c21-19-12-6-5-11-18(19)20-17-10-4-1-7-15(17)13-14-23(20)26(24,25)22-16-8-2-3-9-16/h1,4-7,10-12,16,20,22H,2-3,8-9,13-14H2. The SMILES string of the molecule is O=S(=O)(NC1CCCC1)N1CCc2ccccc2C1c1ccccc1F. The maximum absolute atomic E-state index is 14.6. The van der Waals surface area contributed by atoms with Gasteiger partial charge in [0.05, 0.1) is 6.04 Å². The first-order chi connectivity index (χ1) is 12.6. The van der Waals surface area contributed by atoms with Gasteiger partial charge in [0.1, 0.15) is 5.82 Å². The molecule has 4 rings (SSSR count). The zero-order valence-electron chi connectivity index (χ0n) is 14.6. The minimum absolute atomic E-state index is 0.0153. The average Bonchev–Trinajstić information content (AvgIpc) is 3.13. The molecule has 1 unspecified atom stereocenters. The molecule has 138 valence electrons. The summed E-state index contributed by atoms with van der Waals surface area (Å²) >= 11 is 0. The molecule has 0 aromatic heterocycles. The predicted octanol–water partition coefficient (Wildman–Crippen LogP) is 3.55. The smallest absolute Gasteiger partial charge is 0.207 e. The largest absolute Gasteiger partial charge is 0.280 e. The maximum atomic E-state index is 14.6. The van der Waals surface area contributed by atoms with E-state index in [4.69, 9.17) is 0 Å². The number of rotatable bonds is 4. The Bertz CT molecular complexity index is 894. The molecule has 26 heavy (non-hydrogen) atoms. The number of hydrogen-bond donors (Lipinski definition) is 1. The summed E-state index contributed by atoms with van der Waals surface area (Å²) in [5, 5.41) is 0. The van der Waals surface area contributed by atoms with Gasteiger partial charge in [-0.05, 0) is 36.5 Å². The molecule has 0 radical (unpaired) electrons. The Morgan fingerprint density at radius 2 is 1.62 bits per heavy atom. The van der Waals surface area contributed by atoms with Crippen LogP contribution in [-0.2, 0) is 16.6 Å². The highest BCUT2D eigenvalue weighted by molar-refractivity contribution is 7.87. The van der Waals surface area contributed by atoms with E-state index in [0.29, 0.717) is 18.5 Å². The molecular weight excluding hydrogens is 351 g/mol. The number of nitrogens with zero attached hydrogens (tertiary/aromatic N) is 1. The van der Waals surface area contributed by atoms with Crippen LogP contribution in [0.3, 0.4) is 0 Å². The van der Waals surface area contributed by atoms with Crippen LogP contribution < -0.4 is 4.72 Å². The van der Waals surface area contributed by atoms with Gasteiger partial charge in [-0.2, -0.15) is 17.4 Å². The van der Waals surface area contributed by atoms with Crippen molar-refractivity contribution in [2.24, 2.45) is 0 Å². The van der Waals surface area contributed by atoms with Crippen molar-refractivity contribution in [3.05, 3.63) is 71.0 Å². The number of fused-ring (bicyclic) bond motifs is 1. The maximum Gasteiger partial charge on any atom is 0.280 e. The van der Waals surface area contributed by atoms with Crippen LogP contribution in [0.5, 0.6) is 0 Å². The fourth-order valence-corrected chi connectivity index (χ4v) is 5.77. The summed E-state index contributed by atoms with van der Waals surface area (Å²) in [6.07, 6.45) is 4.47. The third-order valence-electron chi connectivity index (χ3n) is 5.42. The third kappa shape index (κ3) is 3.29. The van der Waals surface area contributed by atoms with Gasteiger partial charge in [-0.25, -0.2) is 4.39 Å². The van der Waals surface area contributed by atoms with Crippen LogP contribution in [0.4, 0.5) is 4.39 Å². The molecule has 1 fully saturated rings. The number of hydrogen-bond acceptors (Lipinski definition) is 2. The van der Waals surface area contributed by atoms with E-state index in [1.54, 1.807) is 18.2 Å². The van der Waals surface area contributed by atoms with E-state index in [1.165, 1.54) is 10.4 Å². The minimum atomic E-state index is -3.71. The Hall–Kier alpha value is -1.76. The zero-order valence-corrected chi connectivity index (χ0v) is 15.4. The Morgan fingerprint density at radius 3 is 2.35 bits per heavy atom. The van der Waals surface area contributed by atoms with Crippen molar-refractivity contribution < 1.29 is 12.8 Å². The second kappa shape index (κ2) is 7.10. The molecule has 1 saturated carbocycles. The Balaban J connectivity index is 1.77. The Kier molecular flexibility index (Phi) is 4.82. The van der Waals surface area contributed by atoms with Crippen molar-refractivity contribution in [3.8, 4) is 0 Å². The molecule has 0 bridgehead atoms. The van der Waals surface area contributed by atoms with Gasteiger partial charge < -0.3 is 0 Å². The van der Waals surface area contributed by atoms with Gasteiger partial charge in [-0.15, -0.1) is 0 Å². The molecule has 2 aliphatic rings. The summed E-state index contributed by atoms with van der Waals surface area (Å²) in [5.74, 6) is -0.379. The molecule has 1 N–H and O–H groups in total. The van der Waals surface area contributed by atoms with Gasteiger partial charge >= 0.3 is 0 Å². The summed E-state index contributed by atoms with van der Waals surface area (Å²) in [6.45, 7) is 0.345. The van der Waals surface area contributed by atoms with Crippen LogP contribution in [0, 0.1) is 5.82 Å². The second-order valence-electron chi connectivity index (χ2n) is 7.09. The molecule has 6 heteroatoms. The fraction of sp³-hybridized carbons (Fsp3) is 0.400. The quantitative estimate of drug-likeness (QED) is 0.890. The first-order valence-electron chi connectivity index (χ1n) is 9.17. The van der Waals surface area contributed by atoms with E-state index in [1.807, 2.05) is 24.3 Å². The first-order valence-corrected chi connectivity index (χ1v) is 10.6. The molecule has 0 saturated heterocycles. The van der Waals surface area contributed by atoms with Gasteiger partial charge in [0.25, 0.3) is 10.2 Å². The van der Waals surface area contributed by atoms with Crippen molar-refractivity contribution in [1.29, 1.82) is 0 Å². The molecule has 1 aliphatic carbocycles. The molecule has 1 aliphatic heterocycles. The molecule has 4 nitrogen and oxygen atoms in total. The third-order valence-corrected chi connectivity index (χ3v) is 7.06. The summed E-state index contributed by atoms with van der Waals surface area (Å²) in [6, 6.07) is 13.5. The lowest BCUT2D eigenvalue weighted by atomic mass is 9.90. The normalized spacial score (nSPS) is 21.7. The molecule has 2 aromatic carbocycles. The van der Waals surface area contributed by atoms with E-state index in [0.717, 1.165) is 36.8 Å². The first kappa shape index (κ1) is 17.6. The molecule has 2 aromatic rings. The molecule has 0 spiro atoms. The minimum Gasteiger partial charge on any atom is -0.207 e. The van der Waals surface area contributed by atoms with Crippen LogP contribution in [0.1, 0.15) is 48.4 Å². The van der Waals surface area contributed by atoms with Crippen molar-refractivity contribution in [2.75, 3.05) is 6.54 Å². The van der Waals surface area contributed by atoms with Crippen LogP contribution in [0.25, 0.3) is 0 Å². The summed E-state index contributed by atoms with van der Waals surface area (Å²) < 4.78 is 45.2. The number of nitrogens with one attached hydrogen (secondary N) is 1. The van der Waals surface area contributed by atoms with E-state index in [-0.39, 0.29) is 11.9 Å².